The maximum atomic E-state index is 13.7. The quantitative estimate of drug-likeness (QED) is 0.843. The number of carbonyl (C=O) groups excluding carboxylic acids is 1. The van der Waals surface area contributed by atoms with Crippen molar-refractivity contribution in [2.24, 2.45) is 0 Å². The molecule has 1 aliphatic carbocycles. The molecular weight excluding hydrogens is 250 g/mol. The molecule has 0 radical (unpaired) electrons. The second-order valence-electron chi connectivity index (χ2n) is 4.99. The highest BCUT2D eigenvalue weighted by Gasteiger charge is 2.18. The minimum absolute atomic E-state index is 0.102. The lowest BCUT2D eigenvalue weighted by Crippen LogP contribution is -2.39. The summed E-state index contributed by atoms with van der Waals surface area (Å²) in [6.07, 6.45) is 5.19. The molecular formula is C14H18F2N2O. The van der Waals surface area contributed by atoms with Crippen molar-refractivity contribution in [3.05, 3.63) is 29.3 Å². The Morgan fingerprint density at radius 3 is 2.58 bits per heavy atom. The molecule has 0 atom stereocenters. The van der Waals surface area contributed by atoms with Crippen molar-refractivity contribution in [1.29, 1.82) is 0 Å². The number of hydrogen-bond acceptors (Lipinski definition) is 1. The van der Waals surface area contributed by atoms with Crippen LogP contribution in [0, 0.1) is 18.6 Å². The van der Waals surface area contributed by atoms with Gasteiger partial charge in [0.2, 0.25) is 0 Å². The van der Waals surface area contributed by atoms with Gasteiger partial charge in [-0.2, -0.15) is 0 Å². The fraction of sp³-hybridized carbons (Fsp3) is 0.500. The number of aryl methyl sites for hydroxylation is 1. The van der Waals surface area contributed by atoms with Gasteiger partial charge in [0.1, 0.15) is 11.5 Å². The van der Waals surface area contributed by atoms with Crippen molar-refractivity contribution in [2.45, 2.75) is 45.1 Å². The Morgan fingerprint density at radius 1 is 1.21 bits per heavy atom. The maximum absolute atomic E-state index is 13.7. The number of carbonyl (C=O) groups is 1. The minimum atomic E-state index is -0.762. The van der Waals surface area contributed by atoms with Crippen molar-refractivity contribution in [2.75, 3.05) is 5.32 Å². The Morgan fingerprint density at radius 2 is 1.89 bits per heavy atom. The fourth-order valence-electron chi connectivity index (χ4n) is 2.35. The smallest absolute Gasteiger partial charge is 0.319 e. The SMILES string of the molecule is Cc1ccc(F)c(NC(=O)NC2CCCCC2)c1F. The van der Waals surface area contributed by atoms with Gasteiger partial charge in [-0.1, -0.05) is 25.3 Å². The molecule has 1 saturated carbocycles. The Hall–Kier alpha value is -1.65. The Labute approximate surface area is 111 Å². The highest BCUT2D eigenvalue weighted by atomic mass is 19.1. The lowest BCUT2D eigenvalue weighted by Gasteiger charge is -2.23. The number of halogens is 2. The summed E-state index contributed by atoms with van der Waals surface area (Å²) in [7, 11) is 0. The van der Waals surface area contributed by atoms with Crippen LogP contribution in [0.2, 0.25) is 0 Å². The van der Waals surface area contributed by atoms with Crippen LogP contribution in [0.4, 0.5) is 19.3 Å². The van der Waals surface area contributed by atoms with E-state index in [1.165, 1.54) is 19.4 Å². The van der Waals surface area contributed by atoms with Crippen LogP contribution in [0.25, 0.3) is 0 Å². The van der Waals surface area contributed by atoms with E-state index >= 15 is 0 Å². The van der Waals surface area contributed by atoms with Gasteiger partial charge in [0.05, 0.1) is 0 Å². The maximum Gasteiger partial charge on any atom is 0.319 e. The van der Waals surface area contributed by atoms with Gasteiger partial charge in [0.15, 0.2) is 5.82 Å². The van der Waals surface area contributed by atoms with E-state index in [-0.39, 0.29) is 11.7 Å². The molecule has 104 valence electrons. The summed E-state index contributed by atoms with van der Waals surface area (Å²) < 4.78 is 27.2. The molecule has 1 aromatic rings. The van der Waals surface area contributed by atoms with E-state index in [4.69, 9.17) is 0 Å². The molecule has 3 nitrogen and oxygen atoms in total. The molecule has 2 amide bonds. The lowest BCUT2D eigenvalue weighted by atomic mass is 9.96. The first-order valence-corrected chi connectivity index (χ1v) is 6.60. The number of hydrogen-bond donors (Lipinski definition) is 2. The van der Waals surface area contributed by atoms with Crippen LogP contribution in [-0.2, 0) is 0 Å². The van der Waals surface area contributed by atoms with Gasteiger partial charge in [0.25, 0.3) is 0 Å². The van der Waals surface area contributed by atoms with Crippen LogP contribution < -0.4 is 10.6 Å². The van der Waals surface area contributed by atoms with Gasteiger partial charge in [-0.15, -0.1) is 0 Å². The predicted molar refractivity (Wildman–Crippen MR) is 70.1 cm³/mol. The van der Waals surface area contributed by atoms with E-state index in [0.29, 0.717) is 5.56 Å². The first-order valence-electron chi connectivity index (χ1n) is 6.60. The zero-order valence-electron chi connectivity index (χ0n) is 10.9. The summed E-state index contributed by atoms with van der Waals surface area (Å²) in [6.45, 7) is 1.53. The van der Waals surface area contributed by atoms with Crippen molar-refractivity contribution < 1.29 is 13.6 Å². The number of urea groups is 1. The third kappa shape index (κ3) is 3.43. The molecule has 0 saturated heterocycles. The van der Waals surface area contributed by atoms with Crippen LogP contribution in [0.1, 0.15) is 37.7 Å². The van der Waals surface area contributed by atoms with E-state index in [0.717, 1.165) is 31.7 Å². The normalized spacial score (nSPS) is 16.2. The van der Waals surface area contributed by atoms with Crippen LogP contribution in [-0.4, -0.2) is 12.1 Å². The zero-order valence-corrected chi connectivity index (χ0v) is 10.9. The zero-order chi connectivity index (χ0) is 13.8. The number of amides is 2. The van der Waals surface area contributed by atoms with Gasteiger partial charge in [-0.05, 0) is 31.4 Å². The van der Waals surface area contributed by atoms with Gasteiger partial charge in [-0.25, -0.2) is 13.6 Å². The third-order valence-electron chi connectivity index (χ3n) is 3.46. The number of nitrogens with one attached hydrogen (secondary N) is 2. The molecule has 1 fully saturated rings. The van der Waals surface area contributed by atoms with Crippen molar-refractivity contribution in [3.8, 4) is 0 Å². The van der Waals surface area contributed by atoms with Crippen LogP contribution in [0.5, 0.6) is 0 Å². The van der Waals surface area contributed by atoms with Crippen LogP contribution in [0.15, 0.2) is 12.1 Å². The van der Waals surface area contributed by atoms with Crippen molar-refractivity contribution in [1.82, 2.24) is 5.32 Å². The van der Waals surface area contributed by atoms with Gasteiger partial charge >= 0.3 is 6.03 Å². The van der Waals surface area contributed by atoms with E-state index in [1.54, 1.807) is 0 Å². The Bertz CT molecular complexity index is 471. The first kappa shape index (κ1) is 13.8. The number of rotatable bonds is 2. The monoisotopic (exact) mass is 268 g/mol. The van der Waals surface area contributed by atoms with Crippen molar-refractivity contribution >= 4 is 11.7 Å². The highest BCUT2D eigenvalue weighted by Crippen LogP contribution is 2.22. The molecule has 0 heterocycles. The average Bonchev–Trinajstić information content (AvgIpc) is 2.40. The summed E-state index contributed by atoms with van der Waals surface area (Å²) >= 11 is 0. The molecule has 0 aromatic heterocycles. The summed E-state index contributed by atoms with van der Waals surface area (Å²) in [5.41, 5.74) is -0.0809. The molecule has 0 spiro atoms. The van der Waals surface area contributed by atoms with E-state index in [9.17, 15) is 13.6 Å². The fourth-order valence-corrected chi connectivity index (χ4v) is 2.35. The summed E-state index contributed by atoms with van der Waals surface area (Å²) in [4.78, 5) is 11.7. The standard InChI is InChI=1S/C14H18F2N2O/c1-9-7-8-11(15)13(12(9)16)18-14(19)17-10-5-3-2-4-6-10/h7-8,10H,2-6H2,1H3,(H2,17,18,19). The molecule has 0 bridgehead atoms. The summed E-state index contributed by atoms with van der Waals surface area (Å²) in [6, 6.07) is 2.05. The summed E-state index contributed by atoms with van der Waals surface area (Å²) in [5.74, 6) is -1.49. The minimum Gasteiger partial charge on any atom is -0.335 e. The lowest BCUT2D eigenvalue weighted by molar-refractivity contribution is 0.244. The van der Waals surface area contributed by atoms with Crippen LogP contribution in [0.3, 0.4) is 0 Å². The molecule has 2 N–H and O–H groups in total. The molecule has 1 aliphatic rings. The molecule has 1 aromatic carbocycles. The van der Waals surface area contributed by atoms with Crippen molar-refractivity contribution in [3.63, 3.8) is 0 Å². The summed E-state index contributed by atoms with van der Waals surface area (Å²) in [5, 5.41) is 5.02. The Kier molecular flexibility index (Phi) is 4.35. The van der Waals surface area contributed by atoms with Gasteiger partial charge in [0, 0.05) is 6.04 Å². The molecule has 2 rings (SSSR count). The molecule has 5 heteroatoms. The van der Waals surface area contributed by atoms with Crippen LogP contribution >= 0.6 is 0 Å². The molecule has 19 heavy (non-hydrogen) atoms. The third-order valence-corrected chi connectivity index (χ3v) is 3.46. The largest absolute Gasteiger partial charge is 0.335 e. The second-order valence-corrected chi connectivity index (χ2v) is 4.99. The number of anilines is 1. The molecule has 0 aliphatic heterocycles. The number of benzene rings is 1. The van der Waals surface area contributed by atoms with Gasteiger partial charge in [-0.3, -0.25) is 0 Å². The van der Waals surface area contributed by atoms with Gasteiger partial charge < -0.3 is 10.6 Å². The highest BCUT2D eigenvalue weighted by molar-refractivity contribution is 5.89. The van der Waals surface area contributed by atoms with E-state index in [1.807, 2.05) is 0 Å². The molecule has 0 unspecified atom stereocenters. The predicted octanol–water partition coefficient (Wildman–Crippen LogP) is 3.73. The Balaban J connectivity index is 2.00. The second kappa shape index (κ2) is 5.99. The first-order chi connectivity index (χ1) is 9.08. The topological polar surface area (TPSA) is 41.1 Å². The average molecular weight is 268 g/mol. The van der Waals surface area contributed by atoms with E-state index in [2.05, 4.69) is 10.6 Å². The van der Waals surface area contributed by atoms with E-state index < -0.39 is 17.7 Å².